The van der Waals surface area contributed by atoms with Gasteiger partial charge in [-0.2, -0.15) is 10.5 Å². The predicted octanol–water partition coefficient (Wildman–Crippen LogP) is 6.68. The third-order valence-electron chi connectivity index (χ3n) is 6.70. The number of nitriles is 2. The fourth-order valence-electron chi connectivity index (χ4n) is 4.94. The highest BCUT2D eigenvalue weighted by atomic mass is 14.8. The Labute approximate surface area is 195 Å². The standard InChI is InChI=1S/C29H28N4/c1-5-23-18(3)28(32-25(23)16-30)27(29-19(4)24(6-2)26(17-31)33-29)22-14-12-21(13-15-22)20-10-8-7-9-11-20/h7-15,27,32-33H,5-6H2,1-4H3. The van der Waals surface area contributed by atoms with Crippen molar-refractivity contribution in [3.05, 3.63) is 105 Å². The molecule has 0 aliphatic rings. The molecule has 0 amide bonds. The second kappa shape index (κ2) is 9.23. The summed E-state index contributed by atoms with van der Waals surface area (Å²) in [5, 5.41) is 19.4. The monoisotopic (exact) mass is 432 g/mol. The first kappa shape index (κ1) is 22.2. The van der Waals surface area contributed by atoms with Gasteiger partial charge in [0.25, 0.3) is 0 Å². The molecule has 0 atom stereocenters. The molecule has 33 heavy (non-hydrogen) atoms. The lowest BCUT2D eigenvalue weighted by Crippen LogP contribution is -2.08. The van der Waals surface area contributed by atoms with Crippen LogP contribution in [0, 0.1) is 36.5 Å². The first-order chi connectivity index (χ1) is 16.0. The Bertz CT molecular complexity index is 1290. The molecule has 2 heterocycles. The van der Waals surface area contributed by atoms with E-state index in [0.717, 1.165) is 57.6 Å². The summed E-state index contributed by atoms with van der Waals surface area (Å²) in [6, 6.07) is 23.6. The number of H-pyrrole nitrogens is 2. The van der Waals surface area contributed by atoms with Crippen LogP contribution < -0.4 is 0 Å². The van der Waals surface area contributed by atoms with Gasteiger partial charge in [-0.25, -0.2) is 0 Å². The van der Waals surface area contributed by atoms with E-state index in [1.54, 1.807) is 0 Å². The first-order valence-electron chi connectivity index (χ1n) is 11.4. The van der Waals surface area contributed by atoms with E-state index in [1.165, 1.54) is 5.56 Å². The van der Waals surface area contributed by atoms with Crippen LogP contribution in [-0.4, -0.2) is 9.97 Å². The largest absolute Gasteiger partial charge is 0.349 e. The molecular weight excluding hydrogens is 404 g/mol. The van der Waals surface area contributed by atoms with Crippen LogP contribution in [0.25, 0.3) is 11.1 Å². The van der Waals surface area contributed by atoms with E-state index in [4.69, 9.17) is 0 Å². The zero-order valence-electron chi connectivity index (χ0n) is 19.6. The average molecular weight is 433 g/mol. The number of rotatable bonds is 6. The Hall–Kier alpha value is -4.02. The molecule has 2 N–H and O–H groups in total. The second-order valence-electron chi connectivity index (χ2n) is 8.39. The molecule has 4 heteroatoms. The van der Waals surface area contributed by atoms with Crippen LogP contribution >= 0.6 is 0 Å². The molecule has 2 aromatic carbocycles. The van der Waals surface area contributed by atoms with Gasteiger partial charge in [-0.1, -0.05) is 68.4 Å². The van der Waals surface area contributed by atoms with Crippen LogP contribution in [0.3, 0.4) is 0 Å². The molecule has 0 spiro atoms. The maximum Gasteiger partial charge on any atom is 0.121 e. The van der Waals surface area contributed by atoms with E-state index < -0.39 is 0 Å². The second-order valence-corrected chi connectivity index (χ2v) is 8.39. The number of benzene rings is 2. The highest BCUT2D eigenvalue weighted by Gasteiger charge is 2.28. The molecule has 0 saturated carbocycles. The van der Waals surface area contributed by atoms with E-state index >= 15 is 0 Å². The molecule has 4 aromatic rings. The van der Waals surface area contributed by atoms with E-state index in [0.29, 0.717) is 11.4 Å². The van der Waals surface area contributed by atoms with Gasteiger partial charge in [-0.05, 0) is 65.6 Å². The van der Waals surface area contributed by atoms with Crippen LogP contribution in [0.2, 0.25) is 0 Å². The quantitative estimate of drug-likeness (QED) is 0.357. The van der Waals surface area contributed by atoms with Crippen molar-refractivity contribution in [1.82, 2.24) is 9.97 Å². The Morgan fingerprint density at radius 1 is 0.697 bits per heavy atom. The number of hydrogen-bond donors (Lipinski definition) is 2. The van der Waals surface area contributed by atoms with Gasteiger partial charge in [-0.3, -0.25) is 0 Å². The minimum Gasteiger partial charge on any atom is -0.349 e. The van der Waals surface area contributed by atoms with Gasteiger partial charge in [0.1, 0.15) is 23.5 Å². The van der Waals surface area contributed by atoms with Crippen molar-refractivity contribution in [2.24, 2.45) is 0 Å². The number of nitrogens with zero attached hydrogens (tertiary/aromatic N) is 2. The fourth-order valence-corrected chi connectivity index (χ4v) is 4.94. The smallest absolute Gasteiger partial charge is 0.121 e. The SMILES string of the molecule is CCc1c(C#N)[nH]c(C(c2ccc(-c3ccccc3)cc2)c2[nH]c(C#N)c(CC)c2C)c1C. The third-order valence-corrected chi connectivity index (χ3v) is 6.70. The van der Waals surface area contributed by atoms with Crippen molar-refractivity contribution in [1.29, 1.82) is 10.5 Å². The van der Waals surface area contributed by atoms with Crippen molar-refractivity contribution in [3.8, 4) is 23.3 Å². The van der Waals surface area contributed by atoms with Crippen LogP contribution in [0.15, 0.2) is 54.6 Å². The Balaban J connectivity index is 1.92. The van der Waals surface area contributed by atoms with Crippen molar-refractivity contribution >= 4 is 0 Å². The zero-order valence-corrected chi connectivity index (χ0v) is 19.6. The average Bonchev–Trinajstić information content (AvgIpc) is 3.35. The molecule has 4 nitrogen and oxygen atoms in total. The summed E-state index contributed by atoms with van der Waals surface area (Å²) in [7, 11) is 0. The van der Waals surface area contributed by atoms with Gasteiger partial charge in [0.2, 0.25) is 0 Å². The maximum atomic E-state index is 9.72. The van der Waals surface area contributed by atoms with Crippen molar-refractivity contribution in [3.63, 3.8) is 0 Å². The number of hydrogen-bond acceptors (Lipinski definition) is 2. The summed E-state index contributed by atoms with van der Waals surface area (Å²) in [6.07, 6.45) is 1.58. The predicted molar refractivity (Wildman–Crippen MR) is 132 cm³/mol. The van der Waals surface area contributed by atoms with Crippen LogP contribution in [0.1, 0.15) is 70.4 Å². The summed E-state index contributed by atoms with van der Waals surface area (Å²) in [6.45, 7) is 8.32. The molecule has 0 fully saturated rings. The summed E-state index contributed by atoms with van der Waals surface area (Å²) >= 11 is 0. The number of nitrogens with one attached hydrogen (secondary N) is 2. The molecule has 4 rings (SSSR count). The van der Waals surface area contributed by atoms with Crippen LogP contribution in [0.5, 0.6) is 0 Å². The van der Waals surface area contributed by atoms with Gasteiger partial charge in [0.05, 0.1) is 5.92 Å². The van der Waals surface area contributed by atoms with Crippen molar-refractivity contribution in [2.75, 3.05) is 0 Å². The number of aromatic amines is 2. The van der Waals surface area contributed by atoms with Crippen molar-refractivity contribution in [2.45, 2.75) is 46.5 Å². The zero-order chi connectivity index (χ0) is 23.5. The van der Waals surface area contributed by atoms with E-state index in [9.17, 15) is 10.5 Å². The molecule has 0 radical (unpaired) electrons. The Morgan fingerprint density at radius 3 is 1.55 bits per heavy atom. The molecule has 0 bridgehead atoms. The number of aromatic nitrogens is 2. The normalized spacial score (nSPS) is 10.9. The third kappa shape index (κ3) is 3.86. The Kier molecular flexibility index (Phi) is 6.20. The van der Waals surface area contributed by atoms with E-state index in [1.807, 2.05) is 18.2 Å². The molecular formula is C29H28N4. The first-order valence-corrected chi connectivity index (χ1v) is 11.4. The van der Waals surface area contributed by atoms with Crippen LogP contribution in [0.4, 0.5) is 0 Å². The summed E-state index contributed by atoms with van der Waals surface area (Å²) in [5.74, 6) is -0.130. The van der Waals surface area contributed by atoms with Gasteiger partial charge in [0, 0.05) is 11.4 Å². The highest BCUT2D eigenvalue weighted by Crippen LogP contribution is 2.38. The summed E-state index contributed by atoms with van der Waals surface area (Å²) in [5.41, 5.74) is 11.0. The topological polar surface area (TPSA) is 79.2 Å². The van der Waals surface area contributed by atoms with Gasteiger partial charge >= 0.3 is 0 Å². The van der Waals surface area contributed by atoms with Gasteiger partial charge in [0.15, 0.2) is 0 Å². The highest BCUT2D eigenvalue weighted by molar-refractivity contribution is 5.64. The molecule has 0 unspecified atom stereocenters. The summed E-state index contributed by atoms with van der Waals surface area (Å²) < 4.78 is 0. The lowest BCUT2D eigenvalue weighted by molar-refractivity contribution is 0.874. The van der Waals surface area contributed by atoms with Gasteiger partial charge < -0.3 is 9.97 Å². The Morgan fingerprint density at radius 2 is 1.15 bits per heavy atom. The molecule has 0 saturated heterocycles. The van der Waals surface area contributed by atoms with Crippen molar-refractivity contribution < 1.29 is 0 Å². The minimum absolute atomic E-state index is 0.130. The van der Waals surface area contributed by atoms with Gasteiger partial charge in [-0.15, -0.1) is 0 Å². The minimum atomic E-state index is -0.130. The van der Waals surface area contributed by atoms with E-state index in [-0.39, 0.29) is 5.92 Å². The fraction of sp³-hybridized carbons (Fsp3) is 0.241. The van der Waals surface area contributed by atoms with E-state index in [2.05, 4.69) is 86.2 Å². The van der Waals surface area contributed by atoms with Crippen LogP contribution in [-0.2, 0) is 12.8 Å². The molecule has 2 aromatic heterocycles. The summed E-state index contributed by atoms with van der Waals surface area (Å²) in [4.78, 5) is 6.84. The lowest BCUT2D eigenvalue weighted by Gasteiger charge is -2.19. The molecule has 0 aliphatic heterocycles. The maximum absolute atomic E-state index is 9.72. The lowest BCUT2D eigenvalue weighted by atomic mass is 9.86. The molecule has 164 valence electrons. The molecule has 0 aliphatic carbocycles.